The number of nitrogens with zero attached hydrogens (tertiary/aromatic N) is 2. The molecule has 4 rings (SSSR count). The normalized spacial score (nSPS) is 18.4. The molecule has 1 fully saturated rings. The van der Waals surface area contributed by atoms with Crippen LogP contribution < -0.4 is 9.80 Å². The van der Waals surface area contributed by atoms with E-state index in [1.54, 1.807) is 24.3 Å². The van der Waals surface area contributed by atoms with E-state index in [-0.39, 0.29) is 10.9 Å². The molecule has 144 valence electrons. The highest BCUT2D eigenvalue weighted by Crippen LogP contribution is 2.31. The number of amides is 2. The number of nitrogens with one attached hydrogen (secondary N) is 1. The highest BCUT2D eigenvalue weighted by molar-refractivity contribution is 6.52. The van der Waals surface area contributed by atoms with Gasteiger partial charge >= 0.3 is 0 Å². The summed E-state index contributed by atoms with van der Waals surface area (Å²) in [5, 5.41) is 0.533. The monoisotopic (exact) mass is 416 g/mol. The Morgan fingerprint density at radius 1 is 0.857 bits per heavy atom. The fourth-order valence-corrected chi connectivity index (χ4v) is 4.11. The number of anilines is 1. The SMILES string of the molecule is O=C1C(Cl)=C(N2CC[NH+](Cc3ccccc3)CC2)C(=O)N1c1ccc(Cl)cc1. The van der Waals surface area contributed by atoms with E-state index in [1.807, 2.05) is 23.1 Å². The molecule has 2 aromatic carbocycles. The van der Waals surface area contributed by atoms with Crippen LogP contribution in [-0.4, -0.2) is 42.9 Å². The Balaban J connectivity index is 1.45. The Hall–Kier alpha value is -2.34. The van der Waals surface area contributed by atoms with Crippen LogP contribution in [0.4, 0.5) is 5.69 Å². The van der Waals surface area contributed by atoms with Gasteiger partial charge in [-0.1, -0.05) is 53.5 Å². The van der Waals surface area contributed by atoms with Gasteiger partial charge in [0.2, 0.25) is 0 Å². The third-order valence-electron chi connectivity index (χ3n) is 5.17. The van der Waals surface area contributed by atoms with Crippen molar-refractivity contribution in [2.45, 2.75) is 6.54 Å². The van der Waals surface area contributed by atoms with Crippen molar-refractivity contribution in [1.82, 2.24) is 4.90 Å². The zero-order valence-electron chi connectivity index (χ0n) is 15.2. The van der Waals surface area contributed by atoms with Gasteiger partial charge in [-0.15, -0.1) is 0 Å². The molecule has 0 unspecified atom stereocenters. The Kier molecular flexibility index (Phi) is 5.40. The van der Waals surface area contributed by atoms with Crippen LogP contribution in [0.2, 0.25) is 5.02 Å². The van der Waals surface area contributed by atoms with Crippen LogP contribution in [0.25, 0.3) is 0 Å². The second-order valence-corrected chi connectivity index (χ2v) is 7.80. The van der Waals surface area contributed by atoms with Crippen molar-refractivity contribution in [1.29, 1.82) is 0 Å². The molecule has 0 bridgehead atoms. The molecule has 28 heavy (non-hydrogen) atoms. The second kappa shape index (κ2) is 7.95. The summed E-state index contributed by atoms with van der Waals surface area (Å²) in [5.41, 5.74) is 2.07. The fraction of sp³-hybridized carbons (Fsp3) is 0.238. The smallest absolute Gasteiger partial charge is 0.283 e. The van der Waals surface area contributed by atoms with Crippen molar-refractivity contribution in [3.05, 3.63) is 75.9 Å². The maximum atomic E-state index is 13.0. The van der Waals surface area contributed by atoms with Crippen LogP contribution in [-0.2, 0) is 16.1 Å². The predicted octanol–water partition coefficient (Wildman–Crippen LogP) is 2.06. The quantitative estimate of drug-likeness (QED) is 0.775. The van der Waals surface area contributed by atoms with Crippen molar-refractivity contribution < 1.29 is 14.5 Å². The highest BCUT2D eigenvalue weighted by atomic mass is 35.5. The van der Waals surface area contributed by atoms with Gasteiger partial charge in [0.1, 0.15) is 17.3 Å². The summed E-state index contributed by atoms with van der Waals surface area (Å²) >= 11 is 12.2. The lowest BCUT2D eigenvalue weighted by Crippen LogP contribution is -3.13. The van der Waals surface area contributed by atoms with Gasteiger partial charge < -0.3 is 9.80 Å². The molecule has 0 radical (unpaired) electrons. The van der Waals surface area contributed by atoms with Gasteiger partial charge in [-0.25, -0.2) is 4.90 Å². The molecule has 1 N–H and O–H groups in total. The van der Waals surface area contributed by atoms with E-state index in [9.17, 15) is 9.59 Å². The van der Waals surface area contributed by atoms with Gasteiger partial charge in [0.05, 0.1) is 31.9 Å². The molecule has 0 spiro atoms. The lowest BCUT2D eigenvalue weighted by atomic mass is 10.2. The summed E-state index contributed by atoms with van der Waals surface area (Å²) in [4.78, 5) is 30.1. The van der Waals surface area contributed by atoms with E-state index in [2.05, 4.69) is 12.1 Å². The molecule has 0 aromatic heterocycles. The summed E-state index contributed by atoms with van der Waals surface area (Å²) < 4.78 is 0. The van der Waals surface area contributed by atoms with Gasteiger partial charge in [-0.05, 0) is 24.3 Å². The van der Waals surface area contributed by atoms with Crippen LogP contribution in [0.3, 0.4) is 0 Å². The first-order valence-corrected chi connectivity index (χ1v) is 9.97. The number of piperazine rings is 1. The van der Waals surface area contributed by atoms with Crippen LogP contribution in [0.1, 0.15) is 5.56 Å². The molecular weight excluding hydrogens is 397 g/mol. The number of hydrogen-bond donors (Lipinski definition) is 1. The number of hydrogen-bond acceptors (Lipinski definition) is 3. The maximum Gasteiger partial charge on any atom is 0.283 e. The number of carbonyl (C=O) groups excluding carboxylic acids is 2. The summed E-state index contributed by atoms with van der Waals surface area (Å²) in [5.74, 6) is -0.855. The standard InChI is InChI=1S/C21H19Cl2N3O2/c22-16-6-8-17(9-7-16)26-20(27)18(23)19(21(26)28)25-12-10-24(11-13-25)14-15-4-2-1-3-5-15/h1-9H,10-14H2/p+1. The highest BCUT2D eigenvalue weighted by Gasteiger charge is 2.42. The minimum Gasteiger partial charge on any atom is -0.354 e. The molecule has 2 aliphatic heterocycles. The Labute approximate surface area is 173 Å². The minimum atomic E-state index is -0.483. The topological polar surface area (TPSA) is 45.1 Å². The molecule has 0 atom stereocenters. The predicted molar refractivity (Wildman–Crippen MR) is 109 cm³/mol. The molecule has 7 heteroatoms. The van der Waals surface area contributed by atoms with Gasteiger partial charge in [0, 0.05) is 10.6 Å². The van der Waals surface area contributed by atoms with E-state index in [0.717, 1.165) is 24.5 Å². The first-order valence-electron chi connectivity index (χ1n) is 9.21. The molecule has 2 heterocycles. The molecule has 1 saturated heterocycles. The van der Waals surface area contributed by atoms with E-state index < -0.39 is 5.91 Å². The Morgan fingerprint density at radius 3 is 2.14 bits per heavy atom. The van der Waals surface area contributed by atoms with Crippen molar-refractivity contribution in [3.8, 4) is 0 Å². The number of imide groups is 1. The number of rotatable bonds is 4. The third kappa shape index (κ3) is 3.65. The van der Waals surface area contributed by atoms with Crippen LogP contribution in [0, 0.1) is 0 Å². The van der Waals surface area contributed by atoms with Crippen molar-refractivity contribution in [2.24, 2.45) is 0 Å². The molecule has 2 amide bonds. The number of carbonyl (C=O) groups is 2. The van der Waals surface area contributed by atoms with Crippen molar-refractivity contribution in [3.63, 3.8) is 0 Å². The van der Waals surface area contributed by atoms with Gasteiger partial charge in [0.15, 0.2) is 0 Å². The molecule has 5 nitrogen and oxygen atoms in total. The zero-order chi connectivity index (χ0) is 19.7. The summed E-state index contributed by atoms with van der Waals surface area (Å²) in [6.07, 6.45) is 0. The van der Waals surface area contributed by atoms with E-state index in [4.69, 9.17) is 23.2 Å². The average Bonchev–Trinajstić information content (AvgIpc) is 2.93. The van der Waals surface area contributed by atoms with E-state index in [0.29, 0.717) is 29.5 Å². The fourth-order valence-electron chi connectivity index (χ4n) is 3.70. The first kappa shape index (κ1) is 19.0. The molecule has 2 aromatic rings. The lowest BCUT2D eigenvalue weighted by molar-refractivity contribution is -0.917. The van der Waals surface area contributed by atoms with Gasteiger partial charge in [0.25, 0.3) is 11.8 Å². The largest absolute Gasteiger partial charge is 0.354 e. The Morgan fingerprint density at radius 2 is 1.50 bits per heavy atom. The van der Waals surface area contributed by atoms with Crippen LogP contribution >= 0.6 is 23.2 Å². The third-order valence-corrected chi connectivity index (χ3v) is 5.77. The molecular formula is C21H20Cl2N3O2+. The maximum absolute atomic E-state index is 13.0. The molecule has 2 aliphatic rings. The second-order valence-electron chi connectivity index (χ2n) is 6.98. The van der Waals surface area contributed by atoms with Gasteiger partial charge in [-0.3, -0.25) is 9.59 Å². The van der Waals surface area contributed by atoms with E-state index in [1.165, 1.54) is 10.5 Å². The molecule has 0 aliphatic carbocycles. The summed E-state index contributed by atoms with van der Waals surface area (Å²) in [7, 11) is 0. The van der Waals surface area contributed by atoms with Crippen molar-refractivity contribution in [2.75, 3.05) is 31.1 Å². The Bertz CT molecular complexity index is 920. The summed E-state index contributed by atoms with van der Waals surface area (Å²) in [6, 6.07) is 16.9. The molecule has 0 saturated carbocycles. The zero-order valence-corrected chi connectivity index (χ0v) is 16.7. The number of quaternary nitrogens is 1. The minimum absolute atomic E-state index is 0.00791. The lowest BCUT2D eigenvalue weighted by Gasteiger charge is -2.33. The summed E-state index contributed by atoms with van der Waals surface area (Å²) in [6.45, 7) is 4.07. The van der Waals surface area contributed by atoms with Crippen molar-refractivity contribution >= 4 is 40.7 Å². The number of halogens is 2. The van der Waals surface area contributed by atoms with Crippen LogP contribution in [0.15, 0.2) is 65.3 Å². The number of benzene rings is 2. The van der Waals surface area contributed by atoms with Crippen LogP contribution in [0.5, 0.6) is 0 Å². The van der Waals surface area contributed by atoms with E-state index >= 15 is 0 Å². The van der Waals surface area contributed by atoms with Gasteiger partial charge in [-0.2, -0.15) is 0 Å². The average molecular weight is 417 g/mol. The first-order chi connectivity index (χ1) is 13.5.